The van der Waals surface area contributed by atoms with E-state index < -0.39 is 11.6 Å². The molecule has 6 heteroatoms. The lowest BCUT2D eigenvalue weighted by Crippen LogP contribution is -2.44. The van der Waals surface area contributed by atoms with Gasteiger partial charge in [-0.1, -0.05) is 12.1 Å². The van der Waals surface area contributed by atoms with Crippen LogP contribution < -0.4 is 10.6 Å². The number of rotatable bonds is 5. The van der Waals surface area contributed by atoms with Crippen LogP contribution in [0, 0.1) is 11.3 Å². The monoisotopic (exact) mass is 313 g/mol. The van der Waals surface area contributed by atoms with E-state index in [2.05, 4.69) is 10.6 Å². The maximum atomic E-state index is 11.9. The third-order valence-electron chi connectivity index (χ3n) is 3.53. The van der Waals surface area contributed by atoms with E-state index in [0.717, 1.165) is 5.56 Å². The minimum absolute atomic E-state index is 0.0203. The van der Waals surface area contributed by atoms with Crippen LogP contribution in [0.15, 0.2) is 47.1 Å². The van der Waals surface area contributed by atoms with Crippen LogP contribution in [-0.4, -0.2) is 17.7 Å². The first-order chi connectivity index (χ1) is 10.9. The standard InChI is InChI=1S/C17H19N3O3/c1-12(14-7-5-13(10-18)6-8-14)20-16(21)19-11-17(2,22)15-4-3-9-23-15/h3-9,12,22H,11H2,1-2H3,(H2,19,20,21). The molecule has 2 amide bonds. The van der Waals surface area contributed by atoms with Gasteiger partial charge in [-0.05, 0) is 43.7 Å². The molecule has 6 nitrogen and oxygen atoms in total. The molecule has 0 saturated heterocycles. The maximum Gasteiger partial charge on any atom is 0.315 e. The largest absolute Gasteiger partial charge is 0.466 e. The van der Waals surface area contributed by atoms with Crippen molar-refractivity contribution < 1.29 is 14.3 Å². The first kappa shape index (κ1) is 16.6. The van der Waals surface area contributed by atoms with Gasteiger partial charge in [0, 0.05) is 0 Å². The molecule has 0 radical (unpaired) electrons. The van der Waals surface area contributed by atoms with Crippen molar-refractivity contribution in [2.75, 3.05) is 6.54 Å². The Hall–Kier alpha value is -2.78. The lowest BCUT2D eigenvalue weighted by Gasteiger charge is -2.22. The third-order valence-corrected chi connectivity index (χ3v) is 3.53. The summed E-state index contributed by atoms with van der Waals surface area (Å²) in [7, 11) is 0. The van der Waals surface area contributed by atoms with Gasteiger partial charge in [-0.3, -0.25) is 0 Å². The molecule has 0 spiro atoms. The van der Waals surface area contributed by atoms with Crippen LogP contribution in [-0.2, 0) is 5.60 Å². The second-order valence-electron chi connectivity index (χ2n) is 5.53. The Kier molecular flexibility index (Phi) is 5.04. The number of nitrogens with one attached hydrogen (secondary N) is 2. The van der Waals surface area contributed by atoms with Crippen molar-refractivity contribution in [1.29, 1.82) is 5.26 Å². The first-order valence-corrected chi connectivity index (χ1v) is 7.23. The molecular formula is C17H19N3O3. The van der Waals surface area contributed by atoms with Crippen LogP contribution in [0.5, 0.6) is 0 Å². The number of aliphatic hydroxyl groups is 1. The molecule has 1 heterocycles. The average Bonchev–Trinajstić information content (AvgIpc) is 3.08. The number of hydrogen-bond acceptors (Lipinski definition) is 4. The number of nitrogens with zero attached hydrogens (tertiary/aromatic N) is 1. The van der Waals surface area contributed by atoms with Gasteiger partial charge in [0.15, 0.2) is 0 Å². The Balaban J connectivity index is 1.88. The summed E-state index contributed by atoms with van der Waals surface area (Å²) in [6.07, 6.45) is 1.47. The van der Waals surface area contributed by atoms with Crippen molar-refractivity contribution in [2.24, 2.45) is 0 Å². The molecule has 0 aliphatic rings. The van der Waals surface area contributed by atoms with E-state index in [1.807, 2.05) is 13.0 Å². The lowest BCUT2D eigenvalue weighted by molar-refractivity contribution is 0.0366. The van der Waals surface area contributed by atoms with E-state index in [-0.39, 0.29) is 12.6 Å². The summed E-state index contributed by atoms with van der Waals surface area (Å²) in [5, 5.41) is 24.4. The van der Waals surface area contributed by atoms with Crippen molar-refractivity contribution in [2.45, 2.75) is 25.5 Å². The number of hydrogen-bond donors (Lipinski definition) is 3. The fourth-order valence-corrected chi connectivity index (χ4v) is 2.10. The summed E-state index contributed by atoms with van der Waals surface area (Å²) >= 11 is 0. The van der Waals surface area contributed by atoms with Crippen LogP contribution in [0.4, 0.5) is 4.79 Å². The summed E-state index contributed by atoms with van der Waals surface area (Å²) in [5.41, 5.74) is 0.176. The number of furan rings is 1. The quantitative estimate of drug-likeness (QED) is 0.789. The number of carbonyl (C=O) groups is 1. The zero-order valence-electron chi connectivity index (χ0n) is 13.0. The zero-order valence-corrected chi connectivity index (χ0v) is 13.0. The molecule has 2 aromatic rings. The Labute approximate surface area is 134 Å². The second kappa shape index (κ2) is 6.99. The highest BCUT2D eigenvalue weighted by Gasteiger charge is 2.26. The molecule has 3 N–H and O–H groups in total. The number of benzene rings is 1. The number of amides is 2. The minimum Gasteiger partial charge on any atom is -0.466 e. The van der Waals surface area contributed by atoms with Crippen molar-refractivity contribution in [1.82, 2.24) is 10.6 Å². The fraction of sp³-hybridized carbons (Fsp3) is 0.294. The van der Waals surface area contributed by atoms with Crippen LogP contribution in [0.2, 0.25) is 0 Å². The molecule has 1 aromatic heterocycles. The number of nitriles is 1. The predicted octanol–water partition coefficient (Wildman–Crippen LogP) is 2.42. The molecule has 0 aliphatic heterocycles. The number of urea groups is 1. The van der Waals surface area contributed by atoms with Crippen molar-refractivity contribution in [3.05, 3.63) is 59.5 Å². The molecule has 0 bridgehead atoms. The highest BCUT2D eigenvalue weighted by Crippen LogP contribution is 2.19. The van der Waals surface area contributed by atoms with Gasteiger partial charge in [0.25, 0.3) is 0 Å². The Bertz CT molecular complexity index is 685. The van der Waals surface area contributed by atoms with Gasteiger partial charge in [-0.15, -0.1) is 0 Å². The smallest absolute Gasteiger partial charge is 0.315 e. The van der Waals surface area contributed by atoms with Gasteiger partial charge in [0.1, 0.15) is 11.4 Å². The minimum atomic E-state index is -1.28. The van der Waals surface area contributed by atoms with Gasteiger partial charge in [-0.2, -0.15) is 5.26 Å². The van der Waals surface area contributed by atoms with Gasteiger partial charge >= 0.3 is 6.03 Å². The van der Waals surface area contributed by atoms with Gasteiger partial charge < -0.3 is 20.2 Å². The Morgan fingerprint density at radius 1 is 1.39 bits per heavy atom. The topological polar surface area (TPSA) is 98.3 Å². The fourth-order valence-electron chi connectivity index (χ4n) is 2.10. The second-order valence-corrected chi connectivity index (χ2v) is 5.53. The highest BCUT2D eigenvalue weighted by atomic mass is 16.4. The molecule has 2 atom stereocenters. The molecule has 1 aromatic carbocycles. The van der Waals surface area contributed by atoms with Crippen molar-refractivity contribution >= 4 is 6.03 Å². The average molecular weight is 313 g/mol. The molecule has 2 unspecified atom stereocenters. The Morgan fingerprint density at radius 2 is 2.09 bits per heavy atom. The summed E-state index contributed by atoms with van der Waals surface area (Å²) < 4.78 is 5.15. The molecule has 0 fully saturated rings. The van der Waals surface area contributed by atoms with E-state index >= 15 is 0 Å². The van der Waals surface area contributed by atoms with Crippen LogP contribution in [0.1, 0.15) is 36.8 Å². The van der Waals surface area contributed by atoms with E-state index in [1.54, 1.807) is 43.3 Å². The zero-order chi connectivity index (χ0) is 16.9. The van der Waals surface area contributed by atoms with Crippen LogP contribution >= 0.6 is 0 Å². The summed E-state index contributed by atoms with van der Waals surface area (Å²) in [5.74, 6) is 0.387. The molecule has 120 valence electrons. The van der Waals surface area contributed by atoms with Crippen molar-refractivity contribution in [3.8, 4) is 6.07 Å². The van der Waals surface area contributed by atoms with Gasteiger partial charge in [-0.25, -0.2) is 4.79 Å². The van der Waals surface area contributed by atoms with Crippen LogP contribution in [0.25, 0.3) is 0 Å². The third kappa shape index (κ3) is 4.34. The summed E-state index contributed by atoms with van der Waals surface area (Å²) in [6.45, 7) is 3.42. The summed E-state index contributed by atoms with van der Waals surface area (Å²) in [4.78, 5) is 11.9. The molecule has 0 aliphatic carbocycles. The van der Waals surface area contributed by atoms with E-state index in [4.69, 9.17) is 9.68 Å². The van der Waals surface area contributed by atoms with Crippen molar-refractivity contribution in [3.63, 3.8) is 0 Å². The Morgan fingerprint density at radius 3 is 2.65 bits per heavy atom. The lowest BCUT2D eigenvalue weighted by atomic mass is 10.0. The van der Waals surface area contributed by atoms with Gasteiger partial charge in [0.05, 0.1) is 30.5 Å². The molecule has 23 heavy (non-hydrogen) atoms. The SMILES string of the molecule is CC(NC(=O)NCC(C)(O)c1ccco1)c1ccc(C#N)cc1. The van der Waals surface area contributed by atoms with E-state index in [0.29, 0.717) is 11.3 Å². The maximum absolute atomic E-state index is 11.9. The van der Waals surface area contributed by atoms with Gasteiger partial charge in [0.2, 0.25) is 0 Å². The molecular weight excluding hydrogens is 294 g/mol. The summed E-state index contributed by atoms with van der Waals surface area (Å²) in [6, 6.07) is 11.7. The highest BCUT2D eigenvalue weighted by molar-refractivity contribution is 5.74. The van der Waals surface area contributed by atoms with E-state index in [9.17, 15) is 9.90 Å². The van der Waals surface area contributed by atoms with E-state index in [1.165, 1.54) is 6.26 Å². The normalized spacial score (nSPS) is 14.3. The molecule has 2 rings (SSSR count). The molecule has 0 saturated carbocycles. The first-order valence-electron chi connectivity index (χ1n) is 7.23. The van der Waals surface area contributed by atoms with Crippen LogP contribution in [0.3, 0.4) is 0 Å². The predicted molar refractivity (Wildman–Crippen MR) is 84.4 cm³/mol. The number of carbonyl (C=O) groups excluding carboxylic acids is 1.